The van der Waals surface area contributed by atoms with Crippen LogP contribution in [-0.2, 0) is 0 Å². The Balaban J connectivity index is 2.74. The molecule has 1 heterocycles. The molecule has 0 bridgehead atoms. The summed E-state index contributed by atoms with van der Waals surface area (Å²) in [5.41, 5.74) is 1.24. The zero-order chi connectivity index (χ0) is 14.3. The van der Waals surface area contributed by atoms with Gasteiger partial charge in [0.2, 0.25) is 0 Å². The van der Waals surface area contributed by atoms with E-state index in [1.54, 1.807) is 0 Å². The van der Waals surface area contributed by atoms with E-state index in [0.29, 0.717) is 12.1 Å². The standard InChI is InChI=1S/C16H29N3/c1-6-7-8-11-19(13(2)3)16-10-9-15(12-18-16)14(4)17-5/h9-10,12-14,17H,6-8,11H2,1-5H3. The van der Waals surface area contributed by atoms with E-state index in [0.717, 1.165) is 12.4 Å². The molecule has 0 saturated heterocycles. The molecule has 0 radical (unpaired) electrons. The quantitative estimate of drug-likeness (QED) is 0.724. The van der Waals surface area contributed by atoms with E-state index in [1.165, 1.54) is 24.8 Å². The predicted octanol–water partition coefficient (Wildman–Crippen LogP) is 3.77. The Labute approximate surface area is 118 Å². The molecule has 0 spiro atoms. The summed E-state index contributed by atoms with van der Waals surface area (Å²) in [7, 11) is 1.98. The van der Waals surface area contributed by atoms with Gasteiger partial charge in [-0.1, -0.05) is 25.8 Å². The van der Waals surface area contributed by atoms with Crippen molar-refractivity contribution in [2.24, 2.45) is 0 Å². The Morgan fingerprint density at radius 2 is 1.95 bits per heavy atom. The van der Waals surface area contributed by atoms with Gasteiger partial charge in [0.05, 0.1) is 0 Å². The molecule has 1 aromatic heterocycles. The fourth-order valence-corrected chi connectivity index (χ4v) is 2.16. The number of nitrogens with zero attached hydrogens (tertiary/aromatic N) is 2. The first kappa shape index (κ1) is 16.0. The lowest BCUT2D eigenvalue weighted by Gasteiger charge is -2.28. The molecule has 1 unspecified atom stereocenters. The van der Waals surface area contributed by atoms with Gasteiger partial charge in [0.15, 0.2) is 0 Å². The Kier molecular flexibility index (Phi) is 6.85. The van der Waals surface area contributed by atoms with Crippen LogP contribution in [0.2, 0.25) is 0 Å². The first-order valence-electron chi connectivity index (χ1n) is 7.50. The Morgan fingerprint density at radius 1 is 1.21 bits per heavy atom. The normalized spacial score (nSPS) is 12.7. The fourth-order valence-electron chi connectivity index (χ4n) is 2.16. The molecule has 0 fully saturated rings. The highest BCUT2D eigenvalue weighted by molar-refractivity contribution is 5.40. The monoisotopic (exact) mass is 263 g/mol. The van der Waals surface area contributed by atoms with Crippen LogP contribution in [0.3, 0.4) is 0 Å². The van der Waals surface area contributed by atoms with E-state index in [9.17, 15) is 0 Å². The molecule has 0 amide bonds. The van der Waals surface area contributed by atoms with Gasteiger partial charge >= 0.3 is 0 Å². The third-order valence-corrected chi connectivity index (χ3v) is 3.62. The van der Waals surface area contributed by atoms with Gasteiger partial charge in [-0.25, -0.2) is 4.98 Å². The highest BCUT2D eigenvalue weighted by Crippen LogP contribution is 2.18. The topological polar surface area (TPSA) is 28.2 Å². The second-order valence-corrected chi connectivity index (χ2v) is 5.45. The lowest BCUT2D eigenvalue weighted by atomic mass is 10.1. The van der Waals surface area contributed by atoms with Crippen LogP contribution in [0.1, 0.15) is 58.6 Å². The molecule has 1 atom stereocenters. The van der Waals surface area contributed by atoms with Gasteiger partial charge in [-0.2, -0.15) is 0 Å². The van der Waals surface area contributed by atoms with Crippen molar-refractivity contribution in [3.05, 3.63) is 23.9 Å². The van der Waals surface area contributed by atoms with Crippen molar-refractivity contribution in [1.82, 2.24) is 10.3 Å². The fraction of sp³-hybridized carbons (Fsp3) is 0.688. The van der Waals surface area contributed by atoms with E-state index in [1.807, 2.05) is 13.2 Å². The van der Waals surface area contributed by atoms with Crippen LogP contribution in [0.4, 0.5) is 5.82 Å². The summed E-state index contributed by atoms with van der Waals surface area (Å²) in [5, 5.41) is 3.24. The summed E-state index contributed by atoms with van der Waals surface area (Å²) in [6.07, 6.45) is 5.78. The number of pyridine rings is 1. The zero-order valence-corrected chi connectivity index (χ0v) is 13.1. The largest absolute Gasteiger partial charge is 0.354 e. The smallest absolute Gasteiger partial charge is 0.128 e. The van der Waals surface area contributed by atoms with Gasteiger partial charge in [0, 0.05) is 24.8 Å². The molecule has 3 heteroatoms. The summed E-state index contributed by atoms with van der Waals surface area (Å²) in [5.74, 6) is 1.10. The molecule has 3 nitrogen and oxygen atoms in total. The maximum atomic E-state index is 4.63. The lowest BCUT2D eigenvalue weighted by molar-refractivity contribution is 0.617. The molecule has 0 aliphatic carbocycles. The van der Waals surface area contributed by atoms with Crippen LogP contribution in [-0.4, -0.2) is 24.6 Å². The van der Waals surface area contributed by atoms with Crippen molar-refractivity contribution >= 4 is 5.82 Å². The molecule has 0 aromatic carbocycles. The van der Waals surface area contributed by atoms with Crippen LogP contribution in [0.25, 0.3) is 0 Å². The van der Waals surface area contributed by atoms with Crippen molar-refractivity contribution < 1.29 is 0 Å². The third kappa shape index (κ3) is 4.83. The number of hydrogen-bond acceptors (Lipinski definition) is 3. The van der Waals surface area contributed by atoms with Crippen LogP contribution < -0.4 is 10.2 Å². The van der Waals surface area contributed by atoms with Gasteiger partial charge in [-0.15, -0.1) is 0 Å². The number of anilines is 1. The van der Waals surface area contributed by atoms with E-state index in [4.69, 9.17) is 0 Å². The van der Waals surface area contributed by atoms with Crippen molar-refractivity contribution in [3.8, 4) is 0 Å². The minimum absolute atomic E-state index is 0.356. The first-order chi connectivity index (χ1) is 9.10. The maximum absolute atomic E-state index is 4.63. The molecule has 1 N–H and O–H groups in total. The van der Waals surface area contributed by atoms with E-state index >= 15 is 0 Å². The van der Waals surface area contributed by atoms with E-state index in [2.05, 4.69) is 55.0 Å². The van der Waals surface area contributed by atoms with Gasteiger partial charge in [0.25, 0.3) is 0 Å². The van der Waals surface area contributed by atoms with Crippen LogP contribution in [0.5, 0.6) is 0 Å². The van der Waals surface area contributed by atoms with Crippen molar-refractivity contribution in [2.45, 2.75) is 59.0 Å². The van der Waals surface area contributed by atoms with Crippen LogP contribution in [0, 0.1) is 0 Å². The van der Waals surface area contributed by atoms with Gasteiger partial charge < -0.3 is 10.2 Å². The van der Waals surface area contributed by atoms with Crippen molar-refractivity contribution in [3.63, 3.8) is 0 Å². The minimum Gasteiger partial charge on any atom is -0.354 e. The first-order valence-corrected chi connectivity index (χ1v) is 7.50. The van der Waals surface area contributed by atoms with Crippen molar-refractivity contribution in [2.75, 3.05) is 18.5 Å². The zero-order valence-electron chi connectivity index (χ0n) is 13.1. The molecule has 19 heavy (non-hydrogen) atoms. The molecule has 1 rings (SSSR count). The molecular formula is C16H29N3. The SMILES string of the molecule is CCCCCN(c1ccc(C(C)NC)cn1)C(C)C. The Bertz CT molecular complexity index is 346. The van der Waals surface area contributed by atoms with Gasteiger partial charge in [-0.3, -0.25) is 0 Å². The molecule has 0 aliphatic heterocycles. The number of nitrogens with one attached hydrogen (secondary N) is 1. The lowest BCUT2D eigenvalue weighted by Crippen LogP contribution is -2.32. The summed E-state index contributed by atoms with van der Waals surface area (Å²) in [4.78, 5) is 7.03. The van der Waals surface area contributed by atoms with Crippen molar-refractivity contribution in [1.29, 1.82) is 0 Å². The average Bonchev–Trinajstić information content (AvgIpc) is 2.42. The Morgan fingerprint density at radius 3 is 2.42 bits per heavy atom. The summed E-state index contributed by atoms with van der Waals surface area (Å²) in [6, 6.07) is 5.18. The number of aromatic nitrogens is 1. The second-order valence-electron chi connectivity index (χ2n) is 5.45. The highest BCUT2D eigenvalue weighted by Gasteiger charge is 2.12. The van der Waals surface area contributed by atoms with Gasteiger partial charge in [-0.05, 0) is 45.9 Å². The molecule has 0 aliphatic rings. The predicted molar refractivity (Wildman–Crippen MR) is 83.7 cm³/mol. The minimum atomic E-state index is 0.356. The average molecular weight is 263 g/mol. The number of rotatable bonds is 8. The summed E-state index contributed by atoms with van der Waals surface area (Å²) >= 11 is 0. The second kappa shape index (κ2) is 8.16. The summed E-state index contributed by atoms with van der Waals surface area (Å²) in [6.45, 7) is 9.96. The highest BCUT2D eigenvalue weighted by atomic mass is 15.2. The molecule has 108 valence electrons. The molecule has 1 aromatic rings. The number of unbranched alkanes of at least 4 members (excludes halogenated alkanes) is 2. The third-order valence-electron chi connectivity index (χ3n) is 3.62. The number of hydrogen-bond donors (Lipinski definition) is 1. The maximum Gasteiger partial charge on any atom is 0.128 e. The van der Waals surface area contributed by atoms with Gasteiger partial charge in [0.1, 0.15) is 5.82 Å². The molecule has 0 saturated carbocycles. The van der Waals surface area contributed by atoms with Crippen LogP contribution >= 0.6 is 0 Å². The van der Waals surface area contributed by atoms with Crippen LogP contribution in [0.15, 0.2) is 18.3 Å². The Hall–Kier alpha value is -1.09. The summed E-state index contributed by atoms with van der Waals surface area (Å²) < 4.78 is 0. The van der Waals surface area contributed by atoms with E-state index in [-0.39, 0.29) is 0 Å². The van der Waals surface area contributed by atoms with E-state index < -0.39 is 0 Å². The molecular weight excluding hydrogens is 234 g/mol.